The SMILES string of the molecule is CCCCCCCCCC(=O)c1ccc(N)cn1. The molecule has 0 aromatic carbocycles. The Labute approximate surface area is 110 Å². The summed E-state index contributed by atoms with van der Waals surface area (Å²) in [7, 11) is 0. The van der Waals surface area contributed by atoms with Crippen molar-refractivity contribution >= 4 is 11.5 Å². The molecule has 3 heteroatoms. The molecule has 100 valence electrons. The van der Waals surface area contributed by atoms with Crippen LogP contribution in [0.15, 0.2) is 18.3 Å². The summed E-state index contributed by atoms with van der Waals surface area (Å²) in [6.07, 6.45) is 10.7. The molecule has 0 amide bonds. The maximum atomic E-state index is 11.8. The summed E-state index contributed by atoms with van der Waals surface area (Å²) < 4.78 is 0. The quantitative estimate of drug-likeness (QED) is 0.531. The molecular weight excluding hydrogens is 224 g/mol. The molecule has 1 rings (SSSR count). The van der Waals surface area contributed by atoms with E-state index in [1.807, 2.05) is 0 Å². The Morgan fingerprint density at radius 2 is 1.78 bits per heavy atom. The number of Topliss-reactive ketones (excluding diaryl/α,β-unsaturated/α-hetero) is 1. The number of rotatable bonds is 9. The maximum Gasteiger partial charge on any atom is 0.181 e. The van der Waals surface area contributed by atoms with Gasteiger partial charge >= 0.3 is 0 Å². The number of pyridine rings is 1. The second-order valence-electron chi connectivity index (χ2n) is 4.77. The topological polar surface area (TPSA) is 56.0 Å². The Hall–Kier alpha value is -1.38. The normalized spacial score (nSPS) is 10.5. The molecule has 0 saturated heterocycles. The van der Waals surface area contributed by atoms with E-state index in [-0.39, 0.29) is 5.78 Å². The number of ketones is 1. The third-order valence-corrected chi connectivity index (χ3v) is 3.08. The van der Waals surface area contributed by atoms with E-state index < -0.39 is 0 Å². The predicted molar refractivity (Wildman–Crippen MR) is 75.6 cm³/mol. The van der Waals surface area contributed by atoms with Crippen molar-refractivity contribution < 1.29 is 4.79 Å². The van der Waals surface area contributed by atoms with E-state index in [2.05, 4.69) is 11.9 Å². The number of nitrogens with two attached hydrogens (primary N) is 1. The number of anilines is 1. The maximum absolute atomic E-state index is 11.8. The summed E-state index contributed by atoms with van der Waals surface area (Å²) in [5, 5.41) is 0. The van der Waals surface area contributed by atoms with Gasteiger partial charge in [-0.3, -0.25) is 9.78 Å². The standard InChI is InChI=1S/C15H24N2O/c1-2-3-4-5-6-7-8-9-15(18)14-11-10-13(16)12-17-14/h10-12H,2-9,16H2,1H3. The molecule has 0 aliphatic carbocycles. The zero-order valence-corrected chi connectivity index (χ0v) is 11.3. The Kier molecular flexibility index (Phi) is 7.07. The first-order valence-electron chi connectivity index (χ1n) is 6.98. The number of carbonyl (C=O) groups excluding carboxylic acids is 1. The highest BCUT2D eigenvalue weighted by Gasteiger charge is 2.06. The number of hydrogen-bond donors (Lipinski definition) is 1. The zero-order chi connectivity index (χ0) is 13.2. The van der Waals surface area contributed by atoms with Crippen LogP contribution in [0, 0.1) is 0 Å². The third kappa shape index (κ3) is 5.80. The van der Waals surface area contributed by atoms with Crippen LogP contribution in [0.5, 0.6) is 0 Å². The number of hydrogen-bond acceptors (Lipinski definition) is 3. The van der Waals surface area contributed by atoms with E-state index in [0.29, 0.717) is 17.8 Å². The summed E-state index contributed by atoms with van der Waals surface area (Å²) >= 11 is 0. The average Bonchev–Trinajstić information content (AvgIpc) is 2.38. The Morgan fingerprint density at radius 1 is 1.11 bits per heavy atom. The molecule has 1 aromatic heterocycles. The van der Waals surface area contributed by atoms with E-state index in [4.69, 9.17) is 5.73 Å². The summed E-state index contributed by atoms with van der Waals surface area (Å²) in [4.78, 5) is 15.8. The first kappa shape index (κ1) is 14.7. The van der Waals surface area contributed by atoms with Crippen LogP contribution in [-0.4, -0.2) is 10.8 Å². The Morgan fingerprint density at radius 3 is 2.39 bits per heavy atom. The molecule has 0 bridgehead atoms. The largest absolute Gasteiger partial charge is 0.397 e. The fourth-order valence-corrected chi connectivity index (χ4v) is 1.94. The van der Waals surface area contributed by atoms with E-state index in [1.54, 1.807) is 12.1 Å². The van der Waals surface area contributed by atoms with Crippen LogP contribution in [0.2, 0.25) is 0 Å². The van der Waals surface area contributed by atoms with Gasteiger partial charge in [0.25, 0.3) is 0 Å². The molecule has 0 unspecified atom stereocenters. The molecule has 0 aliphatic heterocycles. The van der Waals surface area contributed by atoms with Crippen molar-refractivity contribution in [1.29, 1.82) is 0 Å². The number of nitrogens with zero attached hydrogens (tertiary/aromatic N) is 1. The highest BCUT2D eigenvalue weighted by molar-refractivity contribution is 5.94. The zero-order valence-electron chi connectivity index (χ0n) is 11.3. The summed E-state index contributed by atoms with van der Waals surface area (Å²) in [6, 6.07) is 3.43. The smallest absolute Gasteiger partial charge is 0.181 e. The van der Waals surface area contributed by atoms with Gasteiger partial charge in [0.1, 0.15) is 5.69 Å². The van der Waals surface area contributed by atoms with Crippen molar-refractivity contribution in [3.05, 3.63) is 24.0 Å². The number of aromatic nitrogens is 1. The van der Waals surface area contributed by atoms with E-state index in [0.717, 1.165) is 12.8 Å². The van der Waals surface area contributed by atoms with Crippen molar-refractivity contribution in [3.63, 3.8) is 0 Å². The van der Waals surface area contributed by atoms with Gasteiger partial charge in [-0.1, -0.05) is 45.4 Å². The highest BCUT2D eigenvalue weighted by Crippen LogP contribution is 2.11. The highest BCUT2D eigenvalue weighted by atomic mass is 16.1. The van der Waals surface area contributed by atoms with Crippen LogP contribution in [0.1, 0.15) is 68.8 Å². The van der Waals surface area contributed by atoms with Crippen LogP contribution < -0.4 is 5.73 Å². The van der Waals surface area contributed by atoms with Gasteiger partial charge in [0.15, 0.2) is 5.78 Å². The first-order valence-corrected chi connectivity index (χ1v) is 6.98. The molecule has 1 heterocycles. The minimum Gasteiger partial charge on any atom is -0.397 e. The van der Waals surface area contributed by atoms with E-state index in [1.165, 1.54) is 38.3 Å². The summed E-state index contributed by atoms with van der Waals surface area (Å²) in [5.41, 5.74) is 6.67. The molecule has 0 atom stereocenters. The van der Waals surface area contributed by atoms with E-state index in [9.17, 15) is 4.79 Å². The molecule has 3 nitrogen and oxygen atoms in total. The number of unbranched alkanes of at least 4 members (excludes halogenated alkanes) is 6. The van der Waals surface area contributed by atoms with Gasteiger partial charge in [-0.05, 0) is 18.6 Å². The van der Waals surface area contributed by atoms with Crippen molar-refractivity contribution in [2.75, 3.05) is 5.73 Å². The minimum absolute atomic E-state index is 0.128. The third-order valence-electron chi connectivity index (χ3n) is 3.08. The minimum atomic E-state index is 0.128. The van der Waals surface area contributed by atoms with Gasteiger partial charge in [0.05, 0.1) is 11.9 Å². The second kappa shape index (κ2) is 8.67. The Bertz CT molecular complexity index is 346. The van der Waals surface area contributed by atoms with Gasteiger partial charge < -0.3 is 5.73 Å². The second-order valence-corrected chi connectivity index (χ2v) is 4.77. The lowest BCUT2D eigenvalue weighted by Gasteiger charge is -2.02. The lowest BCUT2D eigenvalue weighted by atomic mass is 10.1. The molecular formula is C15H24N2O. The van der Waals surface area contributed by atoms with Crippen molar-refractivity contribution in [1.82, 2.24) is 4.98 Å². The van der Waals surface area contributed by atoms with Crippen molar-refractivity contribution in [3.8, 4) is 0 Å². The molecule has 0 saturated carbocycles. The van der Waals surface area contributed by atoms with Crippen LogP contribution in [0.25, 0.3) is 0 Å². The van der Waals surface area contributed by atoms with Gasteiger partial charge in [0, 0.05) is 6.42 Å². The van der Waals surface area contributed by atoms with Crippen LogP contribution in [-0.2, 0) is 0 Å². The monoisotopic (exact) mass is 248 g/mol. The molecule has 2 N–H and O–H groups in total. The summed E-state index contributed by atoms with van der Waals surface area (Å²) in [5.74, 6) is 0.128. The van der Waals surface area contributed by atoms with Crippen molar-refractivity contribution in [2.45, 2.75) is 58.3 Å². The number of carbonyl (C=O) groups is 1. The molecule has 0 radical (unpaired) electrons. The molecule has 0 spiro atoms. The molecule has 0 aliphatic rings. The van der Waals surface area contributed by atoms with Gasteiger partial charge in [-0.15, -0.1) is 0 Å². The lowest BCUT2D eigenvalue weighted by Crippen LogP contribution is -2.02. The van der Waals surface area contributed by atoms with Crippen LogP contribution in [0.3, 0.4) is 0 Å². The van der Waals surface area contributed by atoms with Gasteiger partial charge in [0.2, 0.25) is 0 Å². The van der Waals surface area contributed by atoms with Crippen LogP contribution >= 0.6 is 0 Å². The van der Waals surface area contributed by atoms with E-state index >= 15 is 0 Å². The first-order chi connectivity index (χ1) is 8.74. The molecule has 0 fully saturated rings. The van der Waals surface area contributed by atoms with Gasteiger partial charge in [-0.25, -0.2) is 0 Å². The fourth-order valence-electron chi connectivity index (χ4n) is 1.94. The predicted octanol–water partition coefficient (Wildman–Crippen LogP) is 3.99. The lowest BCUT2D eigenvalue weighted by molar-refractivity contribution is 0.0974. The molecule has 1 aromatic rings. The number of nitrogen functional groups attached to an aromatic ring is 1. The fraction of sp³-hybridized carbons (Fsp3) is 0.600. The Balaban J connectivity index is 2.12. The molecule has 18 heavy (non-hydrogen) atoms. The van der Waals surface area contributed by atoms with Crippen LogP contribution in [0.4, 0.5) is 5.69 Å². The summed E-state index contributed by atoms with van der Waals surface area (Å²) in [6.45, 7) is 2.22. The van der Waals surface area contributed by atoms with Gasteiger partial charge in [-0.2, -0.15) is 0 Å². The van der Waals surface area contributed by atoms with Crippen molar-refractivity contribution in [2.24, 2.45) is 0 Å². The average molecular weight is 248 g/mol.